The van der Waals surface area contributed by atoms with E-state index in [1.165, 1.54) is 0 Å². The van der Waals surface area contributed by atoms with Crippen LogP contribution in [-0.4, -0.2) is 56.1 Å². The Bertz CT molecular complexity index is 710. The summed E-state index contributed by atoms with van der Waals surface area (Å²) in [6.07, 6.45) is 1.70. The Hall–Kier alpha value is -2.60. The highest BCUT2D eigenvalue weighted by Gasteiger charge is 2.16. The largest absolute Gasteiger partial charge is 0.497 e. The number of carbonyl (C=O) groups is 1. The van der Waals surface area contributed by atoms with E-state index in [1.54, 1.807) is 13.3 Å². The van der Waals surface area contributed by atoms with E-state index in [9.17, 15) is 4.79 Å². The van der Waals surface area contributed by atoms with Gasteiger partial charge in [-0.25, -0.2) is 0 Å². The summed E-state index contributed by atoms with van der Waals surface area (Å²) in [7, 11) is 3.76. The van der Waals surface area contributed by atoms with E-state index in [1.807, 2.05) is 36.4 Å². The van der Waals surface area contributed by atoms with E-state index < -0.39 is 0 Å². The second kappa shape index (κ2) is 7.98. The van der Waals surface area contributed by atoms with Crippen LogP contribution in [0.15, 0.2) is 42.6 Å². The summed E-state index contributed by atoms with van der Waals surface area (Å²) < 4.78 is 5.14. The zero-order chi connectivity index (χ0) is 17.6. The second-order valence-corrected chi connectivity index (χ2v) is 6.22. The maximum absolute atomic E-state index is 12.4. The number of benzene rings is 1. The number of anilines is 1. The van der Waals surface area contributed by atoms with Crippen molar-refractivity contribution in [3.05, 3.63) is 53.9 Å². The van der Waals surface area contributed by atoms with Crippen LogP contribution in [0.25, 0.3) is 0 Å². The van der Waals surface area contributed by atoms with E-state index >= 15 is 0 Å². The molecule has 1 N–H and O–H groups in total. The molecule has 1 aliphatic heterocycles. The summed E-state index contributed by atoms with van der Waals surface area (Å²) in [5.41, 5.74) is 2.52. The van der Waals surface area contributed by atoms with Crippen LogP contribution in [0.3, 0.4) is 0 Å². The summed E-state index contributed by atoms with van der Waals surface area (Å²) in [5.74, 6) is 0.642. The van der Waals surface area contributed by atoms with Gasteiger partial charge in [0, 0.05) is 44.6 Å². The van der Waals surface area contributed by atoms with Gasteiger partial charge in [-0.2, -0.15) is 0 Å². The van der Waals surface area contributed by atoms with Crippen LogP contribution in [0.1, 0.15) is 16.1 Å². The van der Waals surface area contributed by atoms with E-state index in [0.717, 1.165) is 43.2 Å². The van der Waals surface area contributed by atoms with Gasteiger partial charge in [-0.05, 0) is 36.9 Å². The average molecular weight is 340 g/mol. The van der Waals surface area contributed by atoms with Gasteiger partial charge in [0.2, 0.25) is 0 Å². The molecule has 1 aliphatic rings. The average Bonchev–Trinajstić information content (AvgIpc) is 2.67. The van der Waals surface area contributed by atoms with Gasteiger partial charge < -0.3 is 19.9 Å². The molecule has 0 saturated carbocycles. The van der Waals surface area contributed by atoms with Crippen LogP contribution in [-0.2, 0) is 6.54 Å². The van der Waals surface area contributed by atoms with Crippen molar-refractivity contribution >= 4 is 11.6 Å². The Morgan fingerprint density at radius 2 is 1.88 bits per heavy atom. The molecule has 1 fully saturated rings. The van der Waals surface area contributed by atoms with Gasteiger partial charge in [-0.1, -0.05) is 12.1 Å². The third kappa shape index (κ3) is 4.48. The Kier molecular flexibility index (Phi) is 5.50. The van der Waals surface area contributed by atoms with E-state index in [0.29, 0.717) is 12.2 Å². The lowest BCUT2D eigenvalue weighted by Gasteiger charge is -2.34. The first-order chi connectivity index (χ1) is 12.2. The Balaban J connectivity index is 1.60. The minimum atomic E-state index is -0.160. The molecular weight excluding hydrogens is 316 g/mol. The van der Waals surface area contributed by atoms with Crippen molar-refractivity contribution < 1.29 is 9.53 Å². The van der Waals surface area contributed by atoms with Crippen molar-refractivity contribution in [2.75, 3.05) is 45.2 Å². The van der Waals surface area contributed by atoms with Crippen LogP contribution in [0.2, 0.25) is 0 Å². The normalized spacial score (nSPS) is 15.0. The predicted octanol–water partition coefficient (Wildman–Crippen LogP) is 1.77. The van der Waals surface area contributed by atoms with Gasteiger partial charge in [0.1, 0.15) is 11.4 Å². The number of aromatic nitrogens is 1. The summed E-state index contributed by atoms with van der Waals surface area (Å²) in [5, 5.41) is 2.92. The zero-order valence-electron chi connectivity index (χ0n) is 14.7. The lowest BCUT2D eigenvalue weighted by atomic mass is 10.2. The first-order valence-corrected chi connectivity index (χ1v) is 8.46. The van der Waals surface area contributed by atoms with Crippen LogP contribution < -0.4 is 15.0 Å². The van der Waals surface area contributed by atoms with Crippen molar-refractivity contribution in [2.45, 2.75) is 6.54 Å². The van der Waals surface area contributed by atoms with Crippen molar-refractivity contribution in [3.8, 4) is 5.75 Å². The maximum Gasteiger partial charge on any atom is 0.270 e. The molecule has 1 saturated heterocycles. The molecule has 1 aromatic carbocycles. The zero-order valence-corrected chi connectivity index (χ0v) is 14.7. The first kappa shape index (κ1) is 17.2. The monoisotopic (exact) mass is 340 g/mol. The quantitative estimate of drug-likeness (QED) is 0.899. The minimum Gasteiger partial charge on any atom is -0.497 e. The number of pyridine rings is 1. The molecule has 2 aromatic rings. The Morgan fingerprint density at radius 1 is 1.16 bits per heavy atom. The third-order valence-corrected chi connectivity index (χ3v) is 4.46. The number of hydrogen-bond donors (Lipinski definition) is 1. The standard InChI is InChI=1S/C19H24N4O2/c1-22-9-11-23(12-10-22)16-7-8-20-18(13-16)19(24)21-14-15-3-5-17(25-2)6-4-15/h3-8,13H,9-12,14H2,1-2H3,(H,21,24). The van der Waals surface area contributed by atoms with E-state index in [4.69, 9.17) is 4.74 Å². The van der Waals surface area contributed by atoms with Crippen molar-refractivity contribution in [2.24, 2.45) is 0 Å². The number of piperazine rings is 1. The lowest BCUT2D eigenvalue weighted by molar-refractivity contribution is 0.0946. The van der Waals surface area contributed by atoms with Crippen LogP contribution in [0.5, 0.6) is 5.75 Å². The Morgan fingerprint density at radius 3 is 2.56 bits per heavy atom. The summed E-state index contributed by atoms with van der Waals surface area (Å²) in [6.45, 7) is 4.45. The van der Waals surface area contributed by atoms with Crippen LogP contribution in [0, 0.1) is 0 Å². The number of nitrogens with zero attached hydrogens (tertiary/aromatic N) is 3. The molecule has 2 heterocycles. The van der Waals surface area contributed by atoms with Gasteiger partial charge >= 0.3 is 0 Å². The topological polar surface area (TPSA) is 57.7 Å². The third-order valence-electron chi connectivity index (χ3n) is 4.46. The molecule has 132 valence electrons. The fourth-order valence-corrected chi connectivity index (χ4v) is 2.82. The van der Waals surface area contributed by atoms with E-state index in [2.05, 4.69) is 27.1 Å². The highest BCUT2D eigenvalue weighted by atomic mass is 16.5. The minimum absolute atomic E-state index is 0.160. The van der Waals surface area contributed by atoms with Crippen molar-refractivity contribution in [1.82, 2.24) is 15.2 Å². The number of rotatable bonds is 5. The number of methoxy groups -OCH3 is 1. The number of amides is 1. The van der Waals surface area contributed by atoms with Gasteiger partial charge in [-0.15, -0.1) is 0 Å². The van der Waals surface area contributed by atoms with Gasteiger partial charge in [0.25, 0.3) is 5.91 Å². The van der Waals surface area contributed by atoms with Crippen LogP contribution >= 0.6 is 0 Å². The number of likely N-dealkylation sites (N-methyl/N-ethyl adjacent to an activating group) is 1. The number of hydrogen-bond acceptors (Lipinski definition) is 5. The highest BCUT2D eigenvalue weighted by molar-refractivity contribution is 5.93. The molecular formula is C19H24N4O2. The highest BCUT2D eigenvalue weighted by Crippen LogP contribution is 2.17. The molecule has 0 bridgehead atoms. The molecule has 1 amide bonds. The smallest absolute Gasteiger partial charge is 0.270 e. The lowest BCUT2D eigenvalue weighted by Crippen LogP contribution is -2.44. The van der Waals surface area contributed by atoms with Gasteiger partial charge in [0.05, 0.1) is 7.11 Å². The molecule has 0 unspecified atom stereocenters. The maximum atomic E-state index is 12.4. The van der Waals surface area contributed by atoms with Crippen molar-refractivity contribution in [3.63, 3.8) is 0 Å². The molecule has 25 heavy (non-hydrogen) atoms. The number of nitrogens with one attached hydrogen (secondary N) is 1. The molecule has 0 radical (unpaired) electrons. The molecule has 0 atom stereocenters. The van der Waals surface area contributed by atoms with Crippen molar-refractivity contribution in [1.29, 1.82) is 0 Å². The number of carbonyl (C=O) groups excluding carboxylic acids is 1. The molecule has 3 rings (SSSR count). The fourth-order valence-electron chi connectivity index (χ4n) is 2.82. The molecule has 1 aromatic heterocycles. The summed E-state index contributed by atoms with van der Waals surface area (Å²) in [4.78, 5) is 21.2. The number of ether oxygens (including phenoxy) is 1. The second-order valence-electron chi connectivity index (χ2n) is 6.22. The fraction of sp³-hybridized carbons (Fsp3) is 0.368. The SMILES string of the molecule is COc1ccc(CNC(=O)c2cc(N3CCN(C)CC3)ccn2)cc1. The first-order valence-electron chi connectivity index (χ1n) is 8.46. The molecule has 6 heteroatoms. The van der Waals surface area contributed by atoms with Gasteiger partial charge in [-0.3, -0.25) is 9.78 Å². The van der Waals surface area contributed by atoms with E-state index in [-0.39, 0.29) is 5.91 Å². The molecule has 0 spiro atoms. The molecule has 6 nitrogen and oxygen atoms in total. The molecule has 0 aliphatic carbocycles. The summed E-state index contributed by atoms with van der Waals surface area (Å²) >= 11 is 0. The summed E-state index contributed by atoms with van der Waals surface area (Å²) in [6, 6.07) is 11.5. The Labute approximate surface area is 148 Å². The van der Waals surface area contributed by atoms with Gasteiger partial charge in [0.15, 0.2) is 0 Å². The predicted molar refractivity (Wildman–Crippen MR) is 98.1 cm³/mol. The van der Waals surface area contributed by atoms with Crippen LogP contribution in [0.4, 0.5) is 5.69 Å².